The van der Waals surface area contributed by atoms with Gasteiger partial charge in [-0.2, -0.15) is 0 Å². The summed E-state index contributed by atoms with van der Waals surface area (Å²) in [4.78, 5) is 3.87. The zero-order valence-corrected chi connectivity index (χ0v) is 7.24. The Balaban J connectivity index is 3.02. The zero-order valence-electron chi connectivity index (χ0n) is 7.24. The summed E-state index contributed by atoms with van der Waals surface area (Å²) in [6.07, 6.45) is 0. The van der Waals surface area contributed by atoms with E-state index in [0.717, 1.165) is 11.3 Å². The predicted octanol–water partition coefficient (Wildman–Crippen LogP) is 1.03. The SMILES string of the molecule is CN=C(N)c1cccc(OC)c1. The molecule has 0 saturated heterocycles. The van der Waals surface area contributed by atoms with Gasteiger partial charge in [0.15, 0.2) is 0 Å². The summed E-state index contributed by atoms with van der Waals surface area (Å²) in [5, 5.41) is 0. The van der Waals surface area contributed by atoms with E-state index >= 15 is 0 Å². The maximum absolute atomic E-state index is 5.61. The number of methoxy groups -OCH3 is 1. The second-order valence-corrected chi connectivity index (χ2v) is 2.34. The van der Waals surface area contributed by atoms with Gasteiger partial charge in [0.1, 0.15) is 11.6 Å². The van der Waals surface area contributed by atoms with Gasteiger partial charge in [0.25, 0.3) is 0 Å². The second kappa shape index (κ2) is 3.76. The molecule has 0 atom stereocenters. The molecule has 0 aliphatic rings. The van der Waals surface area contributed by atoms with E-state index in [0.29, 0.717) is 5.84 Å². The van der Waals surface area contributed by atoms with Crippen molar-refractivity contribution in [3.8, 4) is 5.75 Å². The average molecular weight is 164 g/mol. The van der Waals surface area contributed by atoms with Gasteiger partial charge >= 0.3 is 0 Å². The quantitative estimate of drug-likeness (QED) is 0.524. The molecule has 0 unspecified atom stereocenters. The van der Waals surface area contributed by atoms with E-state index in [-0.39, 0.29) is 0 Å². The molecule has 64 valence electrons. The molecule has 12 heavy (non-hydrogen) atoms. The maximum Gasteiger partial charge on any atom is 0.125 e. The van der Waals surface area contributed by atoms with Crippen LogP contribution in [-0.4, -0.2) is 20.0 Å². The highest BCUT2D eigenvalue weighted by Gasteiger charge is 1.97. The Labute approximate surface area is 71.9 Å². The van der Waals surface area contributed by atoms with Gasteiger partial charge in [-0.3, -0.25) is 4.99 Å². The van der Waals surface area contributed by atoms with Gasteiger partial charge in [-0.1, -0.05) is 12.1 Å². The Hall–Kier alpha value is -1.51. The molecule has 0 aliphatic carbocycles. The third-order valence-corrected chi connectivity index (χ3v) is 1.61. The molecule has 1 aromatic rings. The first kappa shape index (κ1) is 8.59. The van der Waals surface area contributed by atoms with Crippen LogP contribution in [0.25, 0.3) is 0 Å². The average Bonchev–Trinajstić information content (AvgIpc) is 2.17. The molecule has 3 nitrogen and oxygen atoms in total. The predicted molar refractivity (Wildman–Crippen MR) is 49.6 cm³/mol. The third kappa shape index (κ3) is 1.75. The first-order chi connectivity index (χ1) is 5.77. The lowest BCUT2D eigenvalue weighted by Gasteiger charge is -2.02. The molecule has 0 aliphatic heterocycles. The van der Waals surface area contributed by atoms with Crippen LogP contribution in [0, 0.1) is 0 Å². The lowest BCUT2D eigenvalue weighted by atomic mass is 10.2. The van der Waals surface area contributed by atoms with E-state index in [1.54, 1.807) is 14.2 Å². The highest BCUT2D eigenvalue weighted by Crippen LogP contribution is 2.11. The van der Waals surface area contributed by atoms with Crippen molar-refractivity contribution in [1.29, 1.82) is 0 Å². The lowest BCUT2D eigenvalue weighted by Crippen LogP contribution is -2.12. The normalized spacial score (nSPS) is 11.3. The summed E-state index contributed by atoms with van der Waals surface area (Å²) in [5.74, 6) is 1.31. The van der Waals surface area contributed by atoms with Gasteiger partial charge in [-0.15, -0.1) is 0 Å². The molecule has 0 bridgehead atoms. The van der Waals surface area contributed by atoms with Gasteiger partial charge in [0.2, 0.25) is 0 Å². The molecule has 1 rings (SSSR count). The molecule has 0 saturated carbocycles. The molecular weight excluding hydrogens is 152 g/mol. The van der Waals surface area contributed by atoms with Crippen LogP contribution in [0.1, 0.15) is 5.56 Å². The molecule has 0 spiro atoms. The van der Waals surface area contributed by atoms with Crippen molar-refractivity contribution in [2.45, 2.75) is 0 Å². The molecule has 0 heterocycles. The summed E-state index contributed by atoms with van der Waals surface area (Å²) in [7, 11) is 3.28. The number of hydrogen-bond donors (Lipinski definition) is 1. The van der Waals surface area contributed by atoms with E-state index in [2.05, 4.69) is 4.99 Å². The molecular formula is C9H12N2O. The number of nitrogens with two attached hydrogens (primary N) is 1. The Morgan fingerprint density at radius 1 is 1.50 bits per heavy atom. The smallest absolute Gasteiger partial charge is 0.125 e. The van der Waals surface area contributed by atoms with Gasteiger partial charge < -0.3 is 10.5 Å². The van der Waals surface area contributed by atoms with Crippen LogP contribution in [-0.2, 0) is 0 Å². The number of rotatable bonds is 2. The van der Waals surface area contributed by atoms with Crippen molar-refractivity contribution in [2.75, 3.05) is 14.2 Å². The molecule has 0 aromatic heterocycles. The van der Waals surface area contributed by atoms with Crippen LogP contribution in [0.15, 0.2) is 29.3 Å². The van der Waals surface area contributed by atoms with E-state index in [4.69, 9.17) is 10.5 Å². The molecule has 0 radical (unpaired) electrons. The number of aliphatic imine (C=N–C) groups is 1. The molecule has 0 fully saturated rings. The number of benzene rings is 1. The van der Waals surface area contributed by atoms with Gasteiger partial charge in [-0.05, 0) is 12.1 Å². The largest absolute Gasteiger partial charge is 0.497 e. The van der Waals surface area contributed by atoms with Gasteiger partial charge in [0, 0.05) is 12.6 Å². The van der Waals surface area contributed by atoms with Crippen molar-refractivity contribution < 1.29 is 4.74 Å². The monoisotopic (exact) mass is 164 g/mol. The van der Waals surface area contributed by atoms with E-state index < -0.39 is 0 Å². The third-order valence-electron chi connectivity index (χ3n) is 1.61. The number of ether oxygens (including phenoxy) is 1. The van der Waals surface area contributed by atoms with E-state index in [9.17, 15) is 0 Å². The number of nitrogens with zero attached hydrogens (tertiary/aromatic N) is 1. The van der Waals surface area contributed by atoms with Crippen LogP contribution in [0.3, 0.4) is 0 Å². The number of amidine groups is 1. The second-order valence-electron chi connectivity index (χ2n) is 2.34. The topological polar surface area (TPSA) is 47.6 Å². The van der Waals surface area contributed by atoms with Crippen molar-refractivity contribution in [2.24, 2.45) is 10.7 Å². The fourth-order valence-electron chi connectivity index (χ4n) is 0.911. The van der Waals surface area contributed by atoms with E-state index in [1.165, 1.54) is 0 Å². The molecule has 2 N–H and O–H groups in total. The Bertz CT molecular complexity index is 294. The summed E-state index contributed by atoms with van der Waals surface area (Å²) >= 11 is 0. The van der Waals surface area contributed by atoms with Crippen molar-refractivity contribution in [3.63, 3.8) is 0 Å². The first-order valence-electron chi connectivity index (χ1n) is 3.64. The minimum absolute atomic E-state index is 0.522. The first-order valence-corrected chi connectivity index (χ1v) is 3.64. The minimum Gasteiger partial charge on any atom is -0.497 e. The standard InChI is InChI=1S/C9H12N2O/c1-11-9(10)7-4-3-5-8(6-7)12-2/h3-6H,1-2H3,(H2,10,11). The van der Waals surface area contributed by atoms with Crippen LogP contribution >= 0.6 is 0 Å². The van der Waals surface area contributed by atoms with Crippen LogP contribution in [0.4, 0.5) is 0 Å². The fourth-order valence-corrected chi connectivity index (χ4v) is 0.911. The Morgan fingerprint density at radius 3 is 2.83 bits per heavy atom. The molecule has 0 amide bonds. The highest BCUT2D eigenvalue weighted by atomic mass is 16.5. The maximum atomic E-state index is 5.61. The fraction of sp³-hybridized carbons (Fsp3) is 0.222. The van der Waals surface area contributed by atoms with Gasteiger partial charge in [0.05, 0.1) is 7.11 Å². The Morgan fingerprint density at radius 2 is 2.25 bits per heavy atom. The summed E-state index contributed by atoms with van der Waals surface area (Å²) in [5.41, 5.74) is 6.50. The molecule has 3 heteroatoms. The minimum atomic E-state index is 0.522. The van der Waals surface area contributed by atoms with Crippen LogP contribution < -0.4 is 10.5 Å². The lowest BCUT2D eigenvalue weighted by molar-refractivity contribution is 0.414. The molecule has 1 aromatic carbocycles. The highest BCUT2D eigenvalue weighted by molar-refractivity contribution is 5.97. The van der Waals surface area contributed by atoms with Gasteiger partial charge in [-0.25, -0.2) is 0 Å². The summed E-state index contributed by atoms with van der Waals surface area (Å²) < 4.78 is 5.04. The van der Waals surface area contributed by atoms with Crippen molar-refractivity contribution in [3.05, 3.63) is 29.8 Å². The zero-order chi connectivity index (χ0) is 8.97. The van der Waals surface area contributed by atoms with Crippen molar-refractivity contribution >= 4 is 5.84 Å². The van der Waals surface area contributed by atoms with Crippen LogP contribution in [0.5, 0.6) is 5.75 Å². The van der Waals surface area contributed by atoms with Crippen LogP contribution in [0.2, 0.25) is 0 Å². The number of hydrogen-bond acceptors (Lipinski definition) is 2. The summed E-state index contributed by atoms with van der Waals surface area (Å²) in [6.45, 7) is 0. The van der Waals surface area contributed by atoms with Crippen molar-refractivity contribution in [1.82, 2.24) is 0 Å². The summed E-state index contributed by atoms with van der Waals surface area (Å²) in [6, 6.07) is 7.49. The Kier molecular flexibility index (Phi) is 2.69. The van der Waals surface area contributed by atoms with E-state index in [1.807, 2.05) is 24.3 Å².